The van der Waals surface area contributed by atoms with E-state index in [0.717, 1.165) is 12.1 Å². The highest BCUT2D eigenvalue weighted by Gasteiger charge is 2.33. The lowest BCUT2D eigenvalue weighted by Crippen LogP contribution is -2.44. The second-order valence-electron chi connectivity index (χ2n) is 6.88. The maximum absolute atomic E-state index is 13.9. The van der Waals surface area contributed by atoms with E-state index in [9.17, 15) is 22.0 Å². The van der Waals surface area contributed by atoms with Gasteiger partial charge >= 0.3 is 6.18 Å². The van der Waals surface area contributed by atoms with Crippen LogP contribution in [0.15, 0.2) is 41.5 Å². The summed E-state index contributed by atoms with van der Waals surface area (Å²) in [6, 6.07) is 5.32. The van der Waals surface area contributed by atoms with E-state index in [1.807, 2.05) is 6.92 Å². The van der Waals surface area contributed by atoms with Gasteiger partial charge in [-0.2, -0.15) is 13.2 Å². The Kier molecular flexibility index (Phi) is 6.73. The van der Waals surface area contributed by atoms with Gasteiger partial charge in [-0.1, -0.05) is 6.07 Å². The highest BCUT2D eigenvalue weighted by Crippen LogP contribution is 2.32. The smallest absolute Gasteiger partial charge is 0.357 e. The predicted molar refractivity (Wildman–Crippen MR) is 104 cm³/mol. The highest BCUT2D eigenvalue weighted by atomic mass is 19.4. The van der Waals surface area contributed by atoms with Gasteiger partial charge in [-0.15, -0.1) is 0 Å². The Morgan fingerprint density at radius 2 is 2.07 bits per heavy atom. The number of hydrogen-bond donors (Lipinski definition) is 2. The van der Waals surface area contributed by atoms with E-state index in [0.29, 0.717) is 38.1 Å². The fourth-order valence-corrected chi connectivity index (χ4v) is 3.31. The lowest BCUT2D eigenvalue weighted by molar-refractivity contribution is -0.138. The van der Waals surface area contributed by atoms with Crippen LogP contribution in [0, 0.1) is 11.6 Å². The summed E-state index contributed by atoms with van der Waals surface area (Å²) in [5, 5.41) is 6.16. The first-order valence-electron chi connectivity index (χ1n) is 9.54. The molecule has 1 aromatic carbocycles. The molecule has 1 aromatic heterocycles. The molecule has 2 aromatic rings. The molecule has 0 bridgehead atoms. The van der Waals surface area contributed by atoms with Crippen LogP contribution >= 0.6 is 0 Å². The monoisotopic (exact) mass is 427 g/mol. The van der Waals surface area contributed by atoms with Gasteiger partial charge < -0.3 is 15.5 Å². The number of benzene rings is 1. The summed E-state index contributed by atoms with van der Waals surface area (Å²) in [6.45, 7) is 3.13. The third kappa shape index (κ3) is 5.37. The van der Waals surface area contributed by atoms with Gasteiger partial charge in [-0.05, 0) is 43.2 Å². The molecule has 1 atom stereocenters. The van der Waals surface area contributed by atoms with Crippen LogP contribution in [-0.2, 0) is 12.7 Å². The molecule has 0 spiro atoms. The molecule has 5 nitrogen and oxygen atoms in total. The molecule has 2 heterocycles. The number of hydrogen-bond acceptors (Lipinski definition) is 3. The zero-order valence-electron chi connectivity index (χ0n) is 16.3. The first-order chi connectivity index (χ1) is 14.3. The SMILES string of the molecule is CCNC(=NCc1ccc(F)cc1C(F)(F)F)NC1CCN(c2ncccc2F)C1. The van der Waals surface area contributed by atoms with Crippen molar-refractivity contribution in [1.29, 1.82) is 0 Å². The second-order valence-corrected chi connectivity index (χ2v) is 6.88. The molecule has 0 saturated carbocycles. The van der Waals surface area contributed by atoms with Crippen molar-refractivity contribution in [2.75, 3.05) is 24.5 Å². The van der Waals surface area contributed by atoms with Crippen molar-refractivity contribution in [1.82, 2.24) is 15.6 Å². The van der Waals surface area contributed by atoms with Crippen LogP contribution in [0.4, 0.5) is 27.8 Å². The molecule has 10 heteroatoms. The van der Waals surface area contributed by atoms with Crippen molar-refractivity contribution in [2.24, 2.45) is 4.99 Å². The molecule has 30 heavy (non-hydrogen) atoms. The number of pyridine rings is 1. The van der Waals surface area contributed by atoms with Crippen molar-refractivity contribution in [3.63, 3.8) is 0 Å². The summed E-state index contributed by atoms with van der Waals surface area (Å²) in [7, 11) is 0. The van der Waals surface area contributed by atoms with Crippen molar-refractivity contribution in [3.05, 3.63) is 59.3 Å². The Morgan fingerprint density at radius 1 is 1.27 bits per heavy atom. The second kappa shape index (κ2) is 9.27. The van der Waals surface area contributed by atoms with Crippen LogP contribution in [0.2, 0.25) is 0 Å². The van der Waals surface area contributed by atoms with E-state index in [-0.39, 0.29) is 24.0 Å². The quantitative estimate of drug-likeness (QED) is 0.434. The number of rotatable bonds is 5. The maximum Gasteiger partial charge on any atom is 0.416 e. The number of aromatic nitrogens is 1. The molecular formula is C20H22F5N5. The third-order valence-electron chi connectivity index (χ3n) is 4.70. The summed E-state index contributed by atoms with van der Waals surface area (Å²) in [5.74, 6) is -0.754. The topological polar surface area (TPSA) is 52.6 Å². The van der Waals surface area contributed by atoms with Crippen molar-refractivity contribution < 1.29 is 22.0 Å². The molecule has 1 fully saturated rings. The standard InChI is InChI=1S/C20H22F5N5/c1-2-26-19(28-11-13-5-6-14(21)10-16(13)20(23,24)25)29-15-7-9-30(12-15)18-17(22)4-3-8-27-18/h3-6,8,10,15H,2,7,9,11-12H2,1H3,(H2,26,28,29). The van der Waals surface area contributed by atoms with Gasteiger partial charge in [-0.3, -0.25) is 0 Å². The van der Waals surface area contributed by atoms with E-state index >= 15 is 0 Å². The molecule has 1 aliphatic heterocycles. The van der Waals surface area contributed by atoms with E-state index in [1.165, 1.54) is 18.3 Å². The fraction of sp³-hybridized carbons (Fsp3) is 0.400. The van der Waals surface area contributed by atoms with Crippen LogP contribution in [0.25, 0.3) is 0 Å². The van der Waals surface area contributed by atoms with Crippen molar-refractivity contribution in [2.45, 2.75) is 32.1 Å². The van der Waals surface area contributed by atoms with Gasteiger partial charge in [0.1, 0.15) is 5.82 Å². The number of alkyl halides is 3. The summed E-state index contributed by atoms with van der Waals surface area (Å²) < 4.78 is 66.7. The Morgan fingerprint density at radius 3 is 2.77 bits per heavy atom. The van der Waals surface area contributed by atoms with Crippen molar-refractivity contribution >= 4 is 11.8 Å². The summed E-state index contributed by atoms with van der Waals surface area (Å²) in [5.41, 5.74) is -1.16. The number of nitrogens with one attached hydrogen (secondary N) is 2. The normalized spacial score (nSPS) is 17.3. The molecule has 0 amide bonds. The Bertz CT molecular complexity index is 899. The Balaban J connectivity index is 1.70. The first-order valence-corrected chi connectivity index (χ1v) is 9.54. The van der Waals surface area contributed by atoms with Gasteiger partial charge in [-0.25, -0.2) is 18.8 Å². The van der Waals surface area contributed by atoms with Crippen LogP contribution in [0.3, 0.4) is 0 Å². The van der Waals surface area contributed by atoms with E-state index in [4.69, 9.17) is 0 Å². The third-order valence-corrected chi connectivity index (χ3v) is 4.70. The van der Waals surface area contributed by atoms with Crippen LogP contribution < -0.4 is 15.5 Å². The molecule has 0 aliphatic carbocycles. The van der Waals surface area contributed by atoms with Gasteiger partial charge in [0.25, 0.3) is 0 Å². The van der Waals surface area contributed by atoms with E-state index in [1.54, 1.807) is 4.90 Å². The number of aliphatic imine (C=N–C) groups is 1. The zero-order valence-corrected chi connectivity index (χ0v) is 16.3. The van der Waals surface area contributed by atoms with E-state index < -0.39 is 23.4 Å². The van der Waals surface area contributed by atoms with Gasteiger partial charge in [0.05, 0.1) is 12.1 Å². The average molecular weight is 427 g/mol. The van der Waals surface area contributed by atoms with Gasteiger partial charge in [0, 0.05) is 31.9 Å². The van der Waals surface area contributed by atoms with Crippen LogP contribution in [-0.4, -0.2) is 36.6 Å². The summed E-state index contributed by atoms with van der Waals surface area (Å²) in [4.78, 5) is 10.1. The van der Waals surface area contributed by atoms with Crippen LogP contribution in [0.5, 0.6) is 0 Å². The van der Waals surface area contributed by atoms with E-state index in [2.05, 4.69) is 20.6 Å². The Hall–Kier alpha value is -2.91. The molecule has 1 unspecified atom stereocenters. The minimum atomic E-state index is -4.67. The van der Waals surface area contributed by atoms with Gasteiger partial charge in [0.15, 0.2) is 17.6 Å². The highest BCUT2D eigenvalue weighted by molar-refractivity contribution is 5.80. The zero-order chi connectivity index (χ0) is 21.7. The molecule has 3 rings (SSSR count). The molecule has 162 valence electrons. The molecule has 1 aliphatic rings. The number of nitrogens with zero attached hydrogens (tertiary/aromatic N) is 3. The number of guanidine groups is 1. The fourth-order valence-electron chi connectivity index (χ4n) is 3.31. The number of anilines is 1. The minimum absolute atomic E-state index is 0.0838. The van der Waals surface area contributed by atoms with Crippen molar-refractivity contribution in [3.8, 4) is 0 Å². The minimum Gasteiger partial charge on any atom is -0.357 e. The lowest BCUT2D eigenvalue weighted by atomic mass is 10.1. The molecule has 0 radical (unpaired) electrons. The molecule has 2 N–H and O–H groups in total. The summed E-state index contributed by atoms with van der Waals surface area (Å²) in [6.07, 6.45) is -2.46. The predicted octanol–water partition coefficient (Wildman–Crippen LogP) is 3.71. The van der Waals surface area contributed by atoms with Crippen LogP contribution in [0.1, 0.15) is 24.5 Å². The molecular weight excluding hydrogens is 405 g/mol. The lowest BCUT2D eigenvalue weighted by Gasteiger charge is -2.20. The maximum atomic E-state index is 13.9. The molecule has 1 saturated heterocycles. The number of halogens is 5. The largest absolute Gasteiger partial charge is 0.416 e. The van der Waals surface area contributed by atoms with Gasteiger partial charge in [0.2, 0.25) is 0 Å². The Labute approximate surface area is 171 Å². The average Bonchev–Trinajstić information content (AvgIpc) is 3.15. The summed E-state index contributed by atoms with van der Waals surface area (Å²) >= 11 is 0. The first kappa shape index (κ1) is 21.8.